The Balaban J connectivity index is 1.39. The third-order valence-electron chi connectivity index (χ3n) is 4.93. The smallest absolute Gasteiger partial charge is 0.317 e. The standard InChI is InChI=1S/C18H28N4OS/c1-2-24-17-4-3-16(13-17)20-18(23)22-11-9-21(10-12-22)14-15-5-7-19-8-6-15/h5-8,16-17H,2-4,9-14H2,1H3,(H,20,23)/t16-,17-/m1/s1. The zero-order chi connectivity index (χ0) is 16.8. The highest BCUT2D eigenvalue weighted by Crippen LogP contribution is 2.29. The summed E-state index contributed by atoms with van der Waals surface area (Å²) in [7, 11) is 0. The number of pyridine rings is 1. The Morgan fingerprint density at radius 3 is 2.71 bits per heavy atom. The van der Waals surface area contributed by atoms with Crippen molar-refractivity contribution < 1.29 is 4.79 Å². The third kappa shape index (κ3) is 4.86. The van der Waals surface area contributed by atoms with E-state index in [0.29, 0.717) is 6.04 Å². The lowest BCUT2D eigenvalue weighted by Gasteiger charge is -2.35. The molecular weight excluding hydrogens is 320 g/mol. The fourth-order valence-corrected chi connectivity index (χ4v) is 4.72. The van der Waals surface area contributed by atoms with Crippen LogP contribution in [0, 0.1) is 0 Å². The molecule has 0 aromatic carbocycles. The molecule has 1 saturated heterocycles. The molecule has 2 amide bonds. The highest BCUT2D eigenvalue weighted by atomic mass is 32.2. The fraction of sp³-hybridized carbons (Fsp3) is 0.667. The van der Waals surface area contributed by atoms with Gasteiger partial charge in [-0.2, -0.15) is 11.8 Å². The Bertz CT molecular complexity index is 519. The lowest BCUT2D eigenvalue weighted by molar-refractivity contribution is 0.133. The summed E-state index contributed by atoms with van der Waals surface area (Å²) in [5.41, 5.74) is 1.29. The number of carbonyl (C=O) groups is 1. The lowest BCUT2D eigenvalue weighted by Crippen LogP contribution is -2.52. The first kappa shape index (κ1) is 17.5. The van der Waals surface area contributed by atoms with Crippen molar-refractivity contribution in [3.05, 3.63) is 30.1 Å². The van der Waals surface area contributed by atoms with E-state index >= 15 is 0 Å². The summed E-state index contributed by atoms with van der Waals surface area (Å²) in [4.78, 5) is 20.9. The van der Waals surface area contributed by atoms with Gasteiger partial charge in [-0.1, -0.05) is 6.92 Å². The van der Waals surface area contributed by atoms with Crippen molar-refractivity contribution in [1.82, 2.24) is 20.1 Å². The molecule has 2 heterocycles. The molecule has 0 bridgehead atoms. The van der Waals surface area contributed by atoms with Crippen molar-refractivity contribution in [2.75, 3.05) is 31.9 Å². The molecule has 2 fully saturated rings. The number of hydrogen-bond donors (Lipinski definition) is 1. The number of urea groups is 1. The molecule has 0 unspecified atom stereocenters. The maximum absolute atomic E-state index is 12.5. The van der Waals surface area contributed by atoms with Gasteiger partial charge in [-0.3, -0.25) is 9.88 Å². The van der Waals surface area contributed by atoms with Gasteiger partial charge in [-0.25, -0.2) is 4.79 Å². The van der Waals surface area contributed by atoms with Gasteiger partial charge in [0.05, 0.1) is 0 Å². The Hall–Kier alpha value is -1.27. The van der Waals surface area contributed by atoms with E-state index in [0.717, 1.165) is 50.8 Å². The summed E-state index contributed by atoms with van der Waals surface area (Å²) in [5.74, 6) is 1.17. The quantitative estimate of drug-likeness (QED) is 0.888. The van der Waals surface area contributed by atoms with Gasteiger partial charge in [-0.05, 0) is 42.7 Å². The highest BCUT2D eigenvalue weighted by molar-refractivity contribution is 7.99. The van der Waals surface area contributed by atoms with Crippen LogP contribution in [0.15, 0.2) is 24.5 Å². The van der Waals surface area contributed by atoms with Gasteiger partial charge in [0, 0.05) is 56.4 Å². The highest BCUT2D eigenvalue weighted by Gasteiger charge is 2.28. The number of nitrogens with zero attached hydrogens (tertiary/aromatic N) is 3. The first-order chi connectivity index (χ1) is 11.7. The van der Waals surface area contributed by atoms with Gasteiger partial charge in [0.15, 0.2) is 0 Å². The number of aromatic nitrogens is 1. The third-order valence-corrected chi connectivity index (χ3v) is 6.16. The lowest BCUT2D eigenvalue weighted by atomic mass is 10.2. The molecule has 1 aromatic heterocycles. The van der Waals surface area contributed by atoms with E-state index < -0.39 is 0 Å². The number of carbonyl (C=O) groups excluding carboxylic acids is 1. The molecule has 5 nitrogen and oxygen atoms in total. The summed E-state index contributed by atoms with van der Waals surface area (Å²) in [6.07, 6.45) is 7.18. The van der Waals surface area contributed by atoms with Gasteiger partial charge >= 0.3 is 6.03 Å². The van der Waals surface area contributed by atoms with Crippen molar-refractivity contribution in [3.8, 4) is 0 Å². The molecule has 1 aromatic rings. The zero-order valence-electron chi connectivity index (χ0n) is 14.5. The number of piperazine rings is 1. The van der Waals surface area contributed by atoms with Crippen LogP contribution in [0.2, 0.25) is 0 Å². The minimum absolute atomic E-state index is 0.130. The molecular formula is C18H28N4OS. The van der Waals surface area contributed by atoms with Crippen molar-refractivity contribution in [3.63, 3.8) is 0 Å². The van der Waals surface area contributed by atoms with Crippen LogP contribution in [0.5, 0.6) is 0 Å². The van der Waals surface area contributed by atoms with E-state index in [2.05, 4.69) is 34.3 Å². The Kier molecular flexibility index (Phi) is 6.37. The zero-order valence-corrected chi connectivity index (χ0v) is 15.3. The van der Waals surface area contributed by atoms with E-state index in [4.69, 9.17) is 0 Å². The molecule has 0 radical (unpaired) electrons. The van der Waals surface area contributed by atoms with Gasteiger partial charge in [0.1, 0.15) is 0 Å². The second-order valence-corrected chi connectivity index (χ2v) is 8.23. The van der Waals surface area contributed by atoms with Crippen LogP contribution in [0.3, 0.4) is 0 Å². The molecule has 24 heavy (non-hydrogen) atoms. The number of hydrogen-bond acceptors (Lipinski definition) is 4. The number of rotatable bonds is 5. The first-order valence-electron chi connectivity index (χ1n) is 9.03. The minimum atomic E-state index is 0.130. The van der Waals surface area contributed by atoms with Crippen LogP contribution in [0.25, 0.3) is 0 Å². The van der Waals surface area contributed by atoms with Gasteiger partial charge in [0.2, 0.25) is 0 Å². The molecule has 0 spiro atoms. The largest absolute Gasteiger partial charge is 0.335 e. The summed E-state index contributed by atoms with van der Waals surface area (Å²) in [5, 5.41) is 3.98. The maximum Gasteiger partial charge on any atom is 0.317 e. The van der Waals surface area contributed by atoms with E-state index in [1.807, 2.05) is 29.1 Å². The second kappa shape index (κ2) is 8.72. The van der Waals surface area contributed by atoms with E-state index in [1.54, 1.807) is 0 Å². The Morgan fingerprint density at radius 2 is 2.00 bits per heavy atom. The molecule has 1 aliphatic carbocycles. The number of thioether (sulfide) groups is 1. The maximum atomic E-state index is 12.5. The number of amides is 2. The summed E-state index contributed by atoms with van der Waals surface area (Å²) < 4.78 is 0. The SMILES string of the molecule is CCS[C@@H]1CC[C@@H](NC(=O)N2CCN(Cc3ccncc3)CC2)C1. The molecule has 6 heteroatoms. The van der Waals surface area contributed by atoms with Crippen molar-refractivity contribution in [1.29, 1.82) is 0 Å². The van der Waals surface area contributed by atoms with Gasteiger partial charge in [-0.15, -0.1) is 0 Å². The Morgan fingerprint density at radius 1 is 1.25 bits per heavy atom. The fourth-order valence-electron chi connectivity index (χ4n) is 3.58. The van der Waals surface area contributed by atoms with Gasteiger partial charge < -0.3 is 10.2 Å². The summed E-state index contributed by atoms with van der Waals surface area (Å²) in [6.45, 7) is 6.66. The Labute approximate surface area is 149 Å². The van der Waals surface area contributed by atoms with Crippen LogP contribution in [-0.2, 0) is 6.54 Å². The normalized spacial score (nSPS) is 25.0. The van der Waals surface area contributed by atoms with Crippen molar-refractivity contribution >= 4 is 17.8 Å². The van der Waals surface area contributed by atoms with Crippen LogP contribution in [0.1, 0.15) is 31.7 Å². The van der Waals surface area contributed by atoms with Crippen LogP contribution in [-0.4, -0.2) is 64.0 Å². The molecule has 2 atom stereocenters. The molecule has 1 N–H and O–H groups in total. The second-order valence-electron chi connectivity index (χ2n) is 6.66. The minimum Gasteiger partial charge on any atom is -0.335 e. The molecule has 132 valence electrons. The monoisotopic (exact) mass is 348 g/mol. The van der Waals surface area contributed by atoms with E-state index in [9.17, 15) is 4.79 Å². The van der Waals surface area contributed by atoms with Gasteiger partial charge in [0.25, 0.3) is 0 Å². The average Bonchev–Trinajstić information content (AvgIpc) is 3.04. The number of nitrogens with one attached hydrogen (secondary N) is 1. The molecule has 2 aliphatic rings. The summed E-state index contributed by atoms with van der Waals surface area (Å²) >= 11 is 2.03. The van der Waals surface area contributed by atoms with Crippen molar-refractivity contribution in [2.45, 2.75) is 44.0 Å². The van der Waals surface area contributed by atoms with Crippen LogP contribution < -0.4 is 5.32 Å². The van der Waals surface area contributed by atoms with Crippen LogP contribution in [0.4, 0.5) is 4.79 Å². The first-order valence-corrected chi connectivity index (χ1v) is 10.1. The van der Waals surface area contributed by atoms with Crippen LogP contribution >= 0.6 is 11.8 Å². The topological polar surface area (TPSA) is 48.5 Å². The van der Waals surface area contributed by atoms with Crippen molar-refractivity contribution in [2.24, 2.45) is 0 Å². The van der Waals surface area contributed by atoms with E-state index in [-0.39, 0.29) is 6.03 Å². The predicted octanol–water partition coefficient (Wildman–Crippen LogP) is 2.58. The predicted molar refractivity (Wildman–Crippen MR) is 99.2 cm³/mol. The molecule has 3 rings (SSSR count). The van der Waals surface area contributed by atoms with E-state index in [1.165, 1.54) is 17.7 Å². The summed E-state index contributed by atoms with van der Waals surface area (Å²) in [6, 6.07) is 4.62. The average molecular weight is 349 g/mol. The molecule has 1 aliphatic heterocycles. The molecule has 1 saturated carbocycles.